The highest BCUT2D eigenvalue weighted by Gasteiger charge is 2.24. The lowest BCUT2D eigenvalue weighted by Gasteiger charge is -2.32. The van der Waals surface area contributed by atoms with Crippen molar-refractivity contribution in [1.82, 2.24) is 14.5 Å². The Morgan fingerprint density at radius 2 is 1.80 bits per heavy atom. The van der Waals surface area contributed by atoms with Crippen molar-refractivity contribution >= 4 is 15.9 Å². The lowest BCUT2D eigenvalue weighted by atomic mass is 10.3. The van der Waals surface area contributed by atoms with E-state index in [4.69, 9.17) is 9.47 Å². The number of carbonyl (C=O) groups is 1. The summed E-state index contributed by atoms with van der Waals surface area (Å²) in [5, 5.41) is 2.80. The van der Waals surface area contributed by atoms with E-state index in [1.54, 1.807) is 7.11 Å². The van der Waals surface area contributed by atoms with Crippen molar-refractivity contribution in [3.8, 4) is 11.5 Å². The summed E-state index contributed by atoms with van der Waals surface area (Å²) >= 11 is 0. The fraction of sp³-hybridized carbons (Fsp3) is 0.562. The van der Waals surface area contributed by atoms with Crippen LogP contribution in [-0.4, -0.2) is 82.8 Å². The first-order chi connectivity index (χ1) is 11.9. The molecule has 0 saturated carbocycles. The number of ether oxygens (including phenoxy) is 2. The minimum absolute atomic E-state index is 0.101. The summed E-state index contributed by atoms with van der Waals surface area (Å²) in [5.41, 5.74) is 0. The van der Waals surface area contributed by atoms with Crippen LogP contribution in [0.5, 0.6) is 11.5 Å². The van der Waals surface area contributed by atoms with Gasteiger partial charge in [-0.05, 0) is 12.1 Å². The Bertz CT molecular complexity index is 672. The van der Waals surface area contributed by atoms with E-state index >= 15 is 0 Å². The van der Waals surface area contributed by atoms with Gasteiger partial charge in [0.15, 0.2) is 11.5 Å². The molecule has 1 saturated heterocycles. The van der Waals surface area contributed by atoms with Gasteiger partial charge in [0.25, 0.3) is 0 Å². The third-order valence-electron chi connectivity index (χ3n) is 3.92. The molecule has 25 heavy (non-hydrogen) atoms. The topological polar surface area (TPSA) is 88.2 Å². The van der Waals surface area contributed by atoms with Gasteiger partial charge >= 0.3 is 0 Å². The quantitative estimate of drug-likeness (QED) is 0.635. The molecular formula is C16H25N3O5S. The van der Waals surface area contributed by atoms with Gasteiger partial charge in [0.1, 0.15) is 6.61 Å². The van der Waals surface area contributed by atoms with Crippen LogP contribution >= 0.6 is 0 Å². The molecule has 0 atom stereocenters. The summed E-state index contributed by atoms with van der Waals surface area (Å²) in [6.07, 6.45) is 1.21. The van der Waals surface area contributed by atoms with E-state index in [0.29, 0.717) is 50.8 Å². The molecule has 1 aromatic carbocycles. The summed E-state index contributed by atoms with van der Waals surface area (Å²) in [6, 6.07) is 7.33. The van der Waals surface area contributed by atoms with Gasteiger partial charge in [0, 0.05) is 26.2 Å². The molecule has 0 radical (unpaired) electrons. The maximum absolute atomic E-state index is 12.0. The van der Waals surface area contributed by atoms with Crippen LogP contribution in [0.1, 0.15) is 0 Å². The van der Waals surface area contributed by atoms with Gasteiger partial charge in [-0.25, -0.2) is 8.42 Å². The molecule has 1 aromatic rings. The second kappa shape index (κ2) is 9.02. The number of nitrogens with zero attached hydrogens (tertiary/aromatic N) is 2. The molecule has 1 aliphatic heterocycles. The van der Waals surface area contributed by atoms with Gasteiger partial charge in [-0.2, -0.15) is 4.31 Å². The molecule has 8 nitrogen and oxygen atoms in total. The standard InChI is InChI=1S/C16H25N3O5S/c1-23-14-5-3-4-6-15(14)24-12-7-17-16(20)13-18-8-10-19(11-9-18)25(2,21)22/h3-6H,7-13H2,1-2H3,(H,17,20). The maximum atomic E-state index is 12.0. The molecule has 1 N–H and O–H groups in total. The van der Waals surface area contributed by atoms with Gasteiger partial charge in [-0.15, -0.1) is 0 Å². The van der Waals surface area contributed by atoms with Crippen molar-refractivity contribution in [1.29, 1.82) is 0 Å². The molecule has 1 fully saturated rings. The van der Waals surface area contributed by atoms with Gasteiger partial charge in [0.05, 0.1) is 26.5 Å². The summed E-state index contributed by atoms with van der Waals surface area (Å²) in [7, 11) is -1.57. The van der Waals surface area contributed by atoms with E-state index in [9.17, 15) is 13.2 Å². The van der Waals surface area contributed by atoms with Gasteiger partial charge < -0.3 is 14.8 Å². The van der Waals surface area contributed by atoms with E-state index in [1.165, 1.54) is 10.6 Å². The number of hydrogen-bond donors (Lipinski definition) is 1. The Morgan fingerprint density at radius 3 is 2.40 bits per heavy atom. The predicted molar refractivity (Wildman–Crippen MR) is 94.4 cm³/mol. The van der Waals surface area contributed by atoms with Crippen LogP contribution in [0.3, 0.4) is 0 Å². The number of para-hydroxylation sites is 2. The van der Waals surface area contributed by atoms with Crippen molar-refractivity contribution in [2.45, 2.75) is 0 Å². The number of carbonyl (C=O) groups excluding carboxylic acids is 1. The predicted octanol–water partition coefficient (Wildman–Crippen LogP) is -0.233. The summed E-state index contributed by atoms with van der Waals surface area (Å²) in [4.78, 5) is 13.9. The highest BCUT2D eigenvalue weighted by molar-refractivity contribution is 7.88. The minimum atomic E-state index is -3.15. The number of amides is 1. The lowest BCUT2D eigenvalue weighted by Crippen LogP contribution is -2.51. The lowest BCUT2D eigenvalue weighted by molar-refractivity contribution is -0.122. The molecule has 2 rings (SSSR count). The maximum Gasteiger partial charge on any atom is 0.234 e. The number of rotatable bonds is 8. The van der Waals surface area contributed by atoms with Crippen molar-refractivity contribution in [2.75, 3.05) is 59.2 Å². The smallest absolute Gasteiger partial charge is 0.234 e. The zero-order valence-corrected chi connectivity index (χ0v) is 15.4. The molecule has 140 valence electrons. The van der Waals surface area contributed by atoms with E-state index in [0.717, 1.165) is 0 Å². The Labute approximate surface area is 148 Å². The highest BCUT2D eigenvalue weighted by atomic mass is 32.2. The van der Waals surface area contributed by atoms with Crippen LogP contribution in [0.2, 0.25) is 0 Å². The first kappa shape index (κ1) is 19.5. The number of hydrogen-bond acceptors (Lipinski definition) is 6. The van der Waals surface area contributed by atoms with Crippen LogP contribution in [0, 0.1) is 0 Å². The third-order valence-corrected chi connectivity index (χ3v) is 5.22. The normalized spacial score (nSPS) is 16.4. The minimum Gasteiger partial charge on any atom is -0.493 e. The fourth-order valence-corrected chi connectivity index (χ4v) is 3.39. The first-order valence-corrected chi connectivity index (χ1v) is 9.95. The van der Waals surface area contributed by atoms with Crippen molar-refractivity contribution in [3.05, 3.63) is 24.3 Å². The Morgan fingerprint density at radius 1 is 1.16 bits per heavy atom. The average Bonchev–Trinajstić information content (AvgIpc) is 2.58. The van der Waals surface area contributed by atoms with Gasteiger partial charge in [-0.1, -0.05) is 12.1 Å². The zero-order valence-electron chi connectivity index (χ0n) is 14.6. The van der Waals surface area contributed by atoms with E-state index in [1.807, 2.05) is 29.2 Å². The molecule has 0 aromatic heterocycles. The van der Waals surface area contributed by atoms with Crippen molar-refractivity contribution in [3.63, 3.8) is 0 Å². The number of sulfonamides is 1. The number of methoxy groups -OCH3 is 1. The van der Waals surface area contributed by atoms with Crippen LogP contribution in [0.15, 0.2) is 24.3 Å². The van der Waals surface area contributed by atoms with Crippen LogP contribution in [0.25, 0.3) is 0 Å². The Hall–Kier alpha value is -1.84. The zero-order chi connectivity index (χ0) is 18.3. The molecule has 1 aliphatic rings. The number of piperazine rings is 1. The molecule has 0 aliphatic carbocycles. The second-order valence-electron chi connectivity index (χ2n) is 5.79. The van der Waals surface area contributed by atoms with Gasteiger partial charge in [-0.3, -0.25) is 9.69 Å². The average molecular weight is 371 g/mol. The first-order valence-electron chi connectivity index (χ1n) is 8.10. The molecule has 9 heteroatoms. The highest BCUT2D eigenvalue weighted by Crippen LogP contribution is 2.25. The number of nitrogens with one attached hydrogen (secondary N) is 1. The molecule has 0 bridgehead atoms. The van der Waals surface area contributed by atoms with Crippen LogP contribution < -0.4 is 14.8 Å². The van der Waals surface area contributed by atoms with Crippen molar-refractivity contribution < 1.29 is 22.7 Å². The van der Waals surface area contributed by atoms with Gasteiger partial charge in [0.2, 0.25) is 15.9 Å². The van der Waals surface area contributed by atoms with E-state index in [-0.39, 0.29) is 12.5 Å². The van der Waals surface area contributed by atoms with Crippen molar-refractivity contribution in [2.24, 2.45) is 0 Å². The summed E-state index contributed by atoms with van der Waals surface area (Å²) < 4.78 is 35.1. The molecule has 0 unspecified atom stereocenters. The summed E-state index contributed by atoms with van der Waals surface area (Å²) in [6.45, 7) is 2.93. The Balaban J connectivity index is 1.65. The third kappa shape index (κ3) is 6.18. The SMILES string of the molecule is COc1ccccc1OCCNC(=O)CN1CCN(S(C)(=O)=O)CC1. The van der Waals surface area contributed by atoms with E-state index < -0.39 is 10.0 Å². The number of benzene rings is 1. The van der Waals surface area contributed by atoms with Crippen LogP contribution in [-0.2, 0) is 14.8 Å². The monoisotopic (exact) mass is 371 g/mol. The second-order valence-corrected chi connectivity index (χ2v) is 7.77. The van der Waals surface area contributed by atoms with E-state index in [2.05, 4.69) is 5.32 Å². The van der Waals surface area contributed by atoms with Crippen LogP contribution in [0.4, 0.5) is 0 Å². The molecular weight excluding hydrogens is 346 g/mol. The summed E-state index contributed by atoms with van der Waals surface area (Å²) in [5.74, 6) is 1.19. The largest absolute Gasteiger partial charge is 0.493 e. The fourth-order valence-electron chi connectivity index (χ4n) is 2.57. The molecule has 0 spiro atoms. The molecule has 1 amide bonds. The molecule has 1 heterocycles. The Kier molecular flexibility index (Phi) is 7.03.